The highest BCUT2D eigenvalue weighted by Gasteiger charge is 2.06. The van der Waals surface area contributed by atoms with Gasteiger partial charge in [-0.15, -0.1) is 0 Å². The summed E-state index contributed by atoms with van der Waals surface area (Å²) in [4.78, 5) is 12.1. The molecule has 2 nitrogen and oxygen atoms in total. The average Bonchev–Trinajstić information content (AvgIpc) is 2.48. The third-order valence-electron chi connectivity index (χ3n) is 2.94. The topological polar surface area (TPSA) is 29.1 Å². The Hall–Kier alpha value is -2.61. The number of carbonyl (C=O) groups is 1. The van der Waals surface area contributed by atoms with Gasteiger partial charge in [-0.2, -0.15) is 0 Å². The number of nitrogens with one attached hydrogen (secondary N) is 1. The number of hydrogen-bond donors (Lipinski definition) is 1. The summed E-state index contributed by atoms with van der Waals surface area (Å²) in [6.07, 6.45) is 0. The first-order valence-corrected chi connectivity index (χ1v) is 6.10. The molecule has 91 valence electrons. The van der Waals surface area contributed by atoms with Gasteiger partial charge in [-0.3, -0.25) is 4.79 Å². The summed E-state index contributed by atoms with van der Waals surface area (Å²) in [7, 11) is 0. The molecule has 0 aromatic heterocycles. The van der Waals surface area contributed by atoms with Crippen LogP contribution in [0.25, 0.3) is 10.8 Å². The summed E-state index contributed by atoms with van der Waals surface area (Å²) >= 11 is 0. The van der Waals surface area contributed by atoms with Crippen LogP contribution < -0.4 is 5.32 Å². The van der Waals surface area contributed by atoms with E-state index in [-0.39, 0.29) is 5.91 Å². The molecule has 2 heteroatoms. The number of carbonyl (C=O) groups excluding carboxylic acids is 1. The minimum Gasteiger partial charge on any atom is -0.322 e. The van der Waals surface area contributed by atoms with Crippen LogP contribution in [0.15, 0.2) is 66.7 Å². The lowest BCUT2D eigenvalue weighted by Crippen LogP contribution is -2.11. The van der Waals surface area contributed by atoms with E-state index in [2.05, 4.69) is 11.4 Å². The second kappa shape index (κ2) is 4.94. The molecule has 1 N–H and O–H groups in total. The Balaban J connectivity index is 1.89. The fourth-order valence-corrected chi connectivity index (χ4v) is 1.97. The molecular formula is C17H12NO. The van der Waals surface area contributed by atoms with Crippen molar-refractivity contribution >= 4 is 22.4 Å². The first kappa shape index (κ1) is 11.5. The number of amides is 1. The Labute approximate surface area is 111 Å². The summed E-state index contributed by atoms with van der Waals surface area (Å²) in [5.41, 5.74) is 1.33. The summed E-state index contributed by atoms with van der Waals surface area (Å²) < 4.78 is 0. The van der Waals surface area contributed by atoms with Crippen LogP contribution in [0, 0.1) is 6.07 Å². The van der Waals surface area contributed by atoms with Crippen LogP contribution in [0.5, 0.6) is 0 Å². The predicted molar refractivity (Wildman–Crippen MR) is 77.2 cm³/mol. The van der Waals surface area contributed by atoms with Crippen LogP contribution >= 0.6 is 0 Å². The molecule has 0 atom stereocenters. The summed E-state index contributed by atoms with van der Waals surface area (Å²) in [5.74, 6) is -0.142. The van der Waals surface area contributed by atoms with Crippen molar-refractivity contribution in [1.29, 1.82) is 0 Å². The second-order valence-corrected chi connectivity index (χ2v) is 4.28. The van der Waals surface area contributed by atoms with E-state index in [9.17, 15) is 4.79 Å². The Kier molecular flexibility index (Phi) is 2.99. The number of para-hydroxylation sites is 1. The van der Waals surface area contributed by atoms with Crippen LogP contribution in [0.2, 0.25) is 0 Å². The predicted octanol–water partition coefficient (Wildman–Crippen LogP) is 3.89. The van der Waals surface area contributed by atoms with E-state index >= 15 is 0 Å². The highest BCUT2D eigenvalue weighted by atomic mass is 16.1. The lowest BCUT2D eigenvalue weighted by atomic mass is 10.1. The lowest BCUT2D eigenvalue weighted by molar-refractivity contribution is 0.102. The molecule has 1 amide bonds. The van der Waals surface area contributed by atoms with Crippen molar-refractivity contribution in [2.75, 3.05) is 5.32 Å². The van der Waals surface area contributed by atoms with Gasteiger partial charge in [0.2, 0.25) is 0 Å². The summed E-state index contributed by atoms with van der Waals surface area (Å²) in [6, 6.07) is 24.1. The number of rotatable bonds is 2. The molecule has 0 spiro atoms. The molecule has 0 aliphatic rings. The van der Waals surface area contributed by atoms with Crippen LogP contribution in [-0.4, -0.2) is 5.91 Å². The smallest absolute Gasteiger partial charge is 0.256 e. The first-order valence-electron chi connectivity index (χ1n) is 6.10. The van der Waals surface area contributed by atoms with Gasteiger partial charge in [0, 0.05) is 17.3 Å². The van der Waals surface area contributed by atoms with Crippen molar-refractivity contribution in [3.8, 4) is 0 Å². The average molecular weight is 246 g/mol. The number of hydrogen-bond acceptors (Lipinski definition) is 1. The molecule has 0 saturated carbocycles. The normalized spacial score (nSPS) is 10.3. The van der Waals surface area contributed by atoms with E-state index < -0.39 is 0 Å². The highest BCUT2D eigenvalue weighted by Crippen LogP contribution is 2.16. The monoisotopic (exact) mass is 246 g/mol. The maximum absolute atomic E-state index is 12.1. The molecule has 0 saturated heterocycles. The number of benzene rings is 3. The van der Waals surface area contributed by atoms with Gasteiger partial charge in [0.15, 0.2) is 0 Å². The van der Waals surface area contributed by atoms with Gasteiger partial charge < -0.3 is 5.32 Å². The van der Waals surface area contributed by atoms with Crippen LogP contribution in [0.3, 0.4) is 0 Å². The maximum Gasteiger partial charge on any atom is 0.256 e. The van der Waals surface area contributed by atoms with Gasteiger partial charge in [0.25, 0.3) is 5.91 Å². The van der Waals surface area contributed by atoms with Crippen molar-refractivity contribution in [3.63, 3.8) is 0 Å². The van der Waals surface area contributed by atoms with Gasteiger partial charge in [-0.1, -0.05) is 48.5 Å². The first-order chi connectivity index (χ1) is 9.33. The Bertz CT molecular complexity index is 719. The van der Waals surface area contributed by atoms with Crippen molar-refractivity contribution < 1.29 is 4.79 Å². The van der Waals surface area contributed by atoms with Crippen molar-refractivity contribution in [2.45, 2.75) is 0 Å². The van der Waals surface area contributed by atoms with Crippen molar-refractivity contribution in [3.05, 3.63) is 78.4 Å². The molecule has 3 rings (SSSR count). The molecule has 3 aromatic carbocycles. The molecule has 0 fully saturated rings. The van der Waals surface area contributed by atoms with E-state index in [4.69, 9.17) is 0 Å². The van der Waals surface area contributed by atoms with E-state index in [1.807, 2.05) is 60.7 Å². The second-order valence-electron chi connectivity index (χ2n) is 4.28. The van der Waals surface area contributed by atoms with E-state index in [1.54, 1.807) is 6.07 Å². The van der Waals surface area contributed by atoms with E-state index in [0.717, 1.165) is 16.5 Å². The number of anilines is 1. The zero-order chi connectivity index (χ0) is 13.1. The van der Waals surface area contributed by atoms with Crippen LogP contribution in [-0.2, 0) is 0 Å². The maximum atomic E-state index is 12.1. The molecule has 0 aliphatic heterocycles. The van der Waals surface area contributed by atoms with E-state index in [0.29, 0.717) is 5.56 Å². The van der Waals surface area contributed by atoms with Gasteiger partial charge in [0.1, 0.15) is 0 Å². The molecule has 19 heavy (non-hydrogen) atoms. The minimum absolute atomic E-state index is 0.142. The molecule has 0 heterocycles. The van der Waals surface area contributed by atoms with Crippen LogP contribution in [0.4, 0.5) is 5.69 Å². The summed E-state index contributed by atoms with van der Waals surface area (Å²) in [5, 5.41) is 4.88. The molecule has 0 bridgehead atoms. The van der Waals surface area contributed by atoms with Gasteiger partial charge >= 0.3 is 0 Å². The largest absolute Gasteiger partial charge is 0.322 e. The van der Waals surface area contributed by atoms with Gasteiger partial charge in [0.05, 0.1) is 0 Å². The quantitative estimate of drug-likeness (QED) is 0.730. The summed E-state index contributed by atoms with van der Waals surface area (Å²) in [6.45, 7) is 0. The molecule has 1 radical (unpaired) electrons. The van der Waals surface area contributed by atoms with Gasteiger partial charge in [-0.25, -0.2) is 0 Å². The van der Waals surface area contributed by atoms with E-state index in [1.165, 1.54) is 0 Å². The minimum atomic E-state index is -0.142. The third kappa shape index (κ3) is 2.47. The standard InChI is InChI=1S/C17H12NO/c19-17(18-16-8-2-1-3-9-16)15-11-10-13-6-4-5-7-14(13)12-15/h1-11H,(H,18,19). The number of fused-ring (bicyclic) bond motifs is 1. The van der Waals surface area contributed by atoms with Crippen molar-refractivity contribution in [1.82, 2.24) is 0 Å². The fourth-order valence-electron chi connectivity index (χ4n) is 1.97. The van der Waals surface area contributed by atoms with Gasteiger partial charge in [-0.05, 0) is 29.0 Å². The molecule has 0 unspecified atom stereocenters. The fraction of sp³-hybridized carbons (Fsp3) is 0. The Morgan fingerprint density at radius 3 is 2.42 bits per heavy atom. The highest BCUT2D eigenvalue weighted by molar-refractivity contribution is 6.06. The molecule has 0 aliphatic carbocycles. The molecule has 3 aromatic rings. The third-order valence-corrected chi connectivity index (χ3v) is 2.94. The van der Waals surface area contributed by atoms with Crippen molar-refractivity contribution in [2.24, 2.45) is 0 Å². The zero-order valence-electron chi connectivity index (χ0n) is 10.3. The lowest BCUT2D eigenvalue weighted by Gasteiger charge is -2.05. The Morgan fingerprint density at radius 2 is 1.58 bits per heavy atom. The zero-order valence-corrected chi connectivity index (χ0v) is 10.3. The van der Waals surface area contributed by atoms with Crippen LogP contribution in [0.1, 0.15) is 10.4 Å². The molecular weight excluding hydrogens is 234 g/mol. The SMILES string of the molecule is O=C(Nc1ccccc1)c1[c]c2ccccc2cc1. The Morgan fingerprint density at radius 1 is 0.842 bits per heavy atom.